The monoisotopic (exact) mass is 272 g/mol. The average Bonchev–Trinajstić information content (AvgIpc) is 2.37. The molecule has 0 aromatic heterocycles. The Morgan fingerprint density at radius 1 is 1.22 bits per heavy atom. The van der Waals surface area contributed by atoms with Gasteiger partial charge < -0.3 is 14.2 Å². The fourth-order valence-corrected chi connectivity index (χ4v) is 1.69. The number of carbonyl (C=O) groups excluding carboxylic acids is 2. The van der Waals surface area contributed by atoms with E-state index in [4.69, 9.17) is 21.1 Å². The van der Waals surface area contributed by atoms with E-state index >= 15 is 0 Å². The molecule has 0 radical (unpaired) electrons. The number of benzene rings is 1. The standard InChI is InChI=1S/C12H13ClO5/c1-4-18-12(15)10(14)7-5-6-8(16-2)11(17-3)9(7)13/h5-6H,4H2,1-3H3. The molecule has 0 spiro atoms. The first kappa shape index (κ1) is 14.3. The van der Waals surface area contributed by atoms with Crippen molar-refractivity contribution < 1.29 is 23.8 Å². The van der Waals surface area contributed by atoms with Crippen molar-refractivity contribution in [3.63, 3.8) is 0 Å². The molecule has 0 saturated carbocycles. The number of ether oxygens (including phenoxy) is 3. The van der Waals surface area contributed by atoms with E-state index in [-0.39, 0.29) is 22.9 Å². The molecule has 1 rings (SSSR count). The molecule has 0 heterocycles. The van der Waals surface area contributed by atoms with Crippen molar-refractivity contribution in [3.05, 3.63) is 22.7 Å². The number of Topliss-reactive ketones (excluding diaryl/α,β-unsaturated/α-hetero) is 1. The molecule has 0 fully saturated rings. The lowest BCUT2D eigenvalue weighted by Crippen LogP contribution is -2.18. The van der Waals surface area contributed by atoms with E-state index in [1.54, 1.807) is 6.92 Å². The minimum atomic E-state index is -0.952. The van der Waals surface area contributed by atoms with Crippen LogP contribution in [0, 0.1) is 0 Å². The van der Waals surface area contributed by atoms with Gasteiger partial charge in [0.05, 0.1) is 31.4 Å². The Morgan fingerprint density at radius 3 is 2.39 bits per heavy atom. The predicted octanol–water partition coefficient (Wildman–Crippen LogP) is 2.10. The van der Waals surface area contributed by atoms with Crippen molar-refractivity contribution >= 4 is 23.4 Å². The number of methoxy groups -OCH3 is 2. The Morgan fingerprint density at radius 2 is 1.89 bits per heavy atom. The number of hydrogen-bond acceptors (Lipinski definition) is 5. The SMILES string of the molecule is CCOC(=O)C(=O)c1ccc(OC)c(OC)c1Cl. The molecule has 0 bridgehead atoms. The van der Waals surface area contributed by atoms with E-state index in [1.807, 2.05) is 0 Å². The van der Waals surface area contributed by atoms with Gasteiger partial charge in [-0.25, -0.2) is 4.79 Å². The lowest BCUT2D eigenvalue weighted by molar-refractivity contribution is -0.137. The van der Waals surface area contributed by atoms with E-state index in [0.717, 1.165) is 0 Å². The summed E-state index contributed by atoms with van der Waals surface area (Å²) in [7, 11) is 2.84. The molecular formula is C12H13ClO5. The van der Waals surface area contributed by atoms with Gasteiger partial charge in [0.2, 0.25) is 0 Å². The fourth-order valence-electron chi connectivity index (χ4n) is 1.37. The van der Waals surface area contributed by atoms with E-state index in [1.165, 1.54) is 26.4 Å². The Hall–Kier alpha value is -1.75. The van der Waals surface area contributed by atoms with E-state index in [2.05, 4.69) is 4.74 Å². The molecular weight excluding hydrogens is 260 g/mol. The first-order valence-electron chi connectivity index (χ1n) is 5.18. The number of hydrogen-bond donors (Lipinski definition) is 0. The fraction of sp³-hybridized carbons (Fsp3) is 0.333. The molecule has 0 aliphatic rings. The van der Waals surface area contributed by atoms with Crippen LogP contribution in [0.15, 0.2) is 12.1 Å². The highest BCUT2D eigenvalue weighted by Gasteiger charge is 2.24. The second-order valence-corrected chi connectivity index (χ2v) is 3.59. The molecule has 18 heavy (non-hydrogen) atoms. The highest BCUT2D eigenvalue weighted by Crippen LogP contribution is 2.37. The molecule has 0 aliphatic carbocycles. The molecule has 6 heteroatoms. The summed E-state index contributed by atoms with van der Waals surface area (Å²) in [5, 5.41) is 0.0231. The Balaban J connectivity index is 3.19. The number of rotatable bonds is 5. The van der Waals surface area contributed by atoms with Crippen molar-refractivity contribution in [3.8, 4) is 11.5 Å². The highest BCUT2D eigenvalue weighted by molar-refractivity contribution is 6.46. The second kappa shape index (κ2) is 6.26. The zero-order valence-corrected chi connectivity index (χ0v) is 11.0. The van der Waals surface area contributed by atoms with Gasteiger partial charge >= 0.3 is 5.97 Å². The van der Waals surface area contributed by atoms with Crippen LogP contribution < -0.4 is 9.47 Å². The Kier molecular flexibility index (Phi) is 4.97. The summed E-state index contributed by atoms with van der Waals surface area (Å²) in [6.45, 7) is 1.73. The van der Waals surface area contributed by atoms with Gasteiger partial charge in [-0.2, -0.15) is 0 Å². The van der Waals surface area contributed by atoms with Crippen LogP contribution in [0.3, 0.4) is 0 Å². The summed E-state index contributed by atoms with van der Waals surface area (Å²) >= 11 is 6.00. The number of carbonyl (C=O) groups is 2. The summed E-state index contributed by atoms with van der Waals surface area (Å²) in [5.41, 5.74) is 0.0211. The normalized spacial score (nSPS) is 9.78. The van der Waals surface area contributed by atoms with Gasteiger partial charge in [0.15, 0.2) is 11.5 Å². The van der Waals surface area contributed by atoms with Gasteiger partial charge in [0.25, 0.3) is 5.78 Å². The maximum absolute atomic E-state index is 11.8. The molecule has 0 unspecified atom stereocenters. The zero-order chi connectivity index (χ0) is 13.7. The third-order valence-corrected chi connectivity index (χ3v) is 2.57. The van der Waals surface area contributed by atoms with Crippen molar-refractivity contribution in [2.75, 3.05) is 20.8 Å². The maximum atomic E-state index is 11.8. The topological polar surface area (TPSA) is 61.8 Å². The van der Waals surface area contributed by atoms with Gasteiger partial charge in [-0.05, 0) is 19.1 Å². The van der Waals surface area contributed by atoms with Crippen molar-refractivity contribution in [2.24, 2.45) is 0 Å². The zero-order valence-electron chi connectivity index (χ0n) is 10.3. The molecule has 5 nitrogen and oxygen atoms in total. The second-order valence-electron chi connectivity index (χ2n) is 3.21. The summed E-state index contributed by atoms with van der Waals surface area (Å²) < 4.78 is 14.7. The van der Waals surface area contributed by atoms with Crippen LogP contribution in [0.25, 0.3) is 0 Å². The van der Waals surface area contributed by atoms with Crippen LogP contribution >= 0.6 is 11.6 Å². The molecule has 1 aromatic carbocycles. The first-order valence-corrected chi connectivity index (χ1v) is 5.56. The number of ketones is 1. The highest BCUT2D eigenvalue weighted by atomic mass is 35.5. The largest absolute Gasteiger partial charge is 0.493 e. The quantitative estimate of drug-likeness (QED) is 0.467. The summed E-state index contributed by atoms with van der Waals surface area (Å²) in [6.07, 6.45) is 0. The van der Waals surface area contributed by atoms with Crippen LogP contribution in [0.1, 0.15) is 17.3 Å². The molecule has 0 N–H and O–H groups in total. The Labute approximate surface area is 110 Å². The molecule has 0 atom stereocenters. The van der Waals surface area contributed by atoms with E-state index in [0.29, 0.717) is 5.75 Å². The lowest BCUT2D eigenvalue weighted by Gasteiger charge is -2.11. The van der Waals surface area contributed by atoms with Crippen molar-refractivity contribution in [1.29, 1.82) is 0 Å². The summed E-state index contributed by atoms with van der Waals surface area (Å²) in [5.74, 6) is -1.19. The van der Waals surface area contributed by atoms with E-state index in [9.17, 15) is 9.59 Å². The minimum Gasteiger partial charge on any atom is -0.493 e. The summed E-state index contributed by atoms with van der Waals surface area (Å²) in [6, 6.07) is 2.89. The van der Waals surface area contributed by atoms with Crippen molar-refractivity contribution in [1.82, 2.24) is 0 Å². The van der Waals surface area contributed by atoms with Crippen LogP contribution in [0.4, 0.5) is 0 Å². The number of esters is 1. The lowest BCUT2D eigenvalue weighted by atomic mass is 10.1. The minimum absolute atomic E-state index is 0.0211. The van der Waals surface area contributed by atoms with Crippen LogP contribution in [0.5, 0.6) is 11.5 Å². The maximum Gasteiger partial charge on any atom is 0.379 e. The predicted molar refractivity (Wildman–Crippen MR) is 65.5 cm³/mol. The van der Waals surface area contributed by atoms with Gasteiger partial charge in [-0.3, -0.25) is 4.79 Å². The third kappa shape index (κ3) is 2.73. The van der Waals surface area contributed by atoms with Crippen LogP contribution in [-0.2, 0) is 9.53 Å². The summed E-state index contributed by atoms with van der Waals surface area (Å²) in [4.78, 5) is 23.1. The van der Waals surface area contributed by atoms with Crippen LogP contribution in [0.2, 0.25) is 5.02 Å². The van der Waals surface area contributed by atoms with Gasteiger partial charge in [-0.1, -0.05) is 11.6 Å². The van der Waals surface area contributed by atoms with Crippen LogP contribution in [-0.4, -0.2) is 32.6 Å². The van der Waals surface area contributed by atoms with Gasteiger partial charge in [-0.15, -0.1) is 0 Å². The molecule has 0 aliphatic heterocycles. The molecule has 0 amide bonds. The van der Waals surface area contributed by atoms with Gasteiger partial charge in [0, 0.05) is 0 Å². The smallest absolute Gasteiger partial charge is 0.379 e. The van der Waals surface area contributed by atoms with E-state index < -0.39 is 11.8 Å². The number of halogens is 1. The average molecular weight is 273 g/mol. The first-order chi connectivity index (χ1) is 8.56. The third-order valence-electron chi connectivity index (χ3n) is 2.19. The molecule has 0 saturated heterocycles. The van der Waals surface area contributed by atoms with Crippen molar-refractivity contribution in [2.45, 2.75) is 6.92 Å². The Bertz CT molecular complexity index is 470. The molecule has 98 valence electrons. The molecule has 1 aromatic rings. The van der Waals surface area contributed by atoms with Gasteiger partial charge in [0.1, 0.15) is 0 Å².